The van der Waals surface area contributed by atoms with Gasteiger partial charge in [0, 0.05) is 25.8 Å². The summed E-state index contributed by atoms with van der Waals surface area (Å²) in [4.78, 5) is 16.9. The first-order chi connectivity index (χ1) is 17.9. The largest absolute Gasteiger partial charge is 0.481 e. The third-order valence-electron chi connectivity index (χ3n) is 7.15. The Kier molecular flexibility index (Phi) is 8.24. The van der Waals surface area contributed by atoms with Crippen LogP contribution in [0, 0.1) is 18.3 Å². The fourth-order valence-corrected chi connectivity index (χ4v) is 6.55. The second-order valence-corrected chi connectivity index (χ2v) is 12.6. The SMILES string of the molecule is CCn1cc(CO[C@H](c2ccc(C)c(CN3C[C@@H](C)Cc4ccncc4S3(O)O)c2)C(C)(C)C(=O)O)nn1. The standard InChI is InChI=1S/C27H37N5O5S/c1-6-31-16-23(29-30-31)17-37-25(27(4,5)26(33)34)21-8-7-19(3)22(12-21)15-32-14-18(2)11-20-9-10-28-13-24(20)38(32,35)36/h7-10,12-13,16,18,25,35-36H,6,11,14-15,17H2,1-5H3,(H,33,34)/t18-,25+/m0/s1. The number of nitrogens with zero attached hydrogens (tertiary/aromatic N) is 5. The molecule has 0 aliphatic carbocycles. The van der Waals surface area contributed by atoms with Crippen molar-refractivity contribution in [2.75, 3.05) is 6.54 Å². The highest BCUT2D eigenvalue weighted by molar-refractivity contribution is 8.22. The molecule has 1 aliphatic rings. The number of pyridine rings is 1. The number of aromatic nitrogens is 4. The van der Waals surface area contributed by atoms with Gasteiger partial charge >= 0.3 is 5.97 Å². The molecule has 2 atom stereocenters. The van der Waals surface area contributed by atoms with Crippen molar-refractivity contribution in [3.05, 3.63) is 70.8 Å². The van der Waals surface area contributed by atoms with Crippen molar-refractivity contribution < 1.29 is 23.7 Å². The number of rotatable bonds is 9. The molecule has 0 bridgehead atoms. The molecular formula is C27H37N5O5S. The van der Waals surface area contributed by atoms with Crippen LogP contribution in [0.5, 0.6) is 0 Å². The second kappa shape index (κ2) is 11.1. The lowest BCUT2D eigenvalue weighted by molar-refractivity contribution is -0.158. The molecule has 11 heteroatoms. The van der Waals surface area contributed by atoms with Crippen molar-refractivity contribution in [3.63, 3.8) is 0 Å². The summed E-state index contributed by atoms with van der Waals surface area (Å²) < 4.78 is 32.3. The molecule has 3 heterocycles. The first-order valence-corrected chi connectivity index (χ1v) is 14.2. The molecule has 0 saturated heterocycles. The van der Waals surface area contributed by atoms with E-state index < -0.39 is 28.3 Å². The minimum Gasteiger partial charge on any atom is -0.481 e. The van der Waals surface area contributed by atoms with E-state index in [4.69, 9.17) is 4.74 Å². The van der Waals surface area contributed by atoms with Gasteiger partial charge in [-0.3, -0.25) is 23.6 Å². The van der Waals surface area contributed by atoms with Crippen LogP contribution in [0.1, 0.15) is 61.7 Å². The maximum absolute atomic E-state index is 12.3. The quantitative estimate of drug-likeness (QED) is 0.337. The number of carboxylic acid groups (broad SMARTS) is 1. The first kappa shape index (κ1) is 28.2. The Labute approximate surface area is 225 Å². The molecule has 0 unspecified atom stereocenters. The van der Waals surface area contributed by atoms with Crippen LogP contribution < -0.4 is 0 Å². The summed E-state index contributed by atoms with van der Waals surface area (Å²) in [5.41, 5.74) is 2.81. The Balaban J connectivity index is 1.66. The topological polar surface area (TPSA) is 134 Å². The maximum Gasteiger partial charge on any atom is 0.312 e. The number of carbonyl (C=O) groups is 1. The van der Waals surface area contributed by atoms with Gasteiger partial charge in [0.05, 0.1) is 35.4 Å². The normalized spacial score (nSPS) is 19.4. The molecule has 0 radical (unpaired) electrons. The van der Waals surface area contributed by atoms with E-state index in [2.05, 4.69) is 22.2 Å². The van der Waals surface area contributed by atoms with E-state index in [1.807, 2.05) is 38.1 Å². The Morgan fingerprint density at radius 3 is 2.74 bits per heavy atom. The second-order valence-electron chi connectivity index (χ2n) is 10.6. The highest BCUT2D eigenvalue weighted by Gasteiger charge is 2.40. The van der Waals surface area contributed by atoms with Gasteiger partial charge in [-0.05, 0) is 68.4 Å². The van der Waals surface area contributed by atoms with Crippen LogP contribution in [-0.4, -0.2) is 51.0 Å². The number of carboxylic acids is 1. The van der Waals surface area contributed by atoms with E-state index in [0.717, 1.165) is 23.1 Å². The van der Waals surface area contributed by atoms with Gasteiger partial charge in [-0.25, -0.2) is 0 Å². The van der Waals surface area contributed by atoms with Crippen LogP contribution in [-0.2, 0) is 35.6 Å². The predicted octanol–water partition coefficient (Wildman–Crippen LogP) is 5.09. The lowest BCUT2D eigenvalue weighted by atomic mass is 9.81. The molecule has 3 aromatic rings. The first-order valence-electron chi connectivity index (χ1n) is 12.7. The summed E-state index contributed by atoms with van der Waals surface area (Å²) in [7, 11) is -3.26. The molecule has 1 aromatic carbocycles. The molecule has 1 aliphatic heterocycles. The molecule has 0 fully saturated rings. The Morgan fingerprint density at radius 1 is 1.29 bits per heavy atom. The average molecular weight is 544 g/mol. The summed E-state index contributed by atoms with van der Waals surface area (Å²) in [6.07, 6.45) is 4.96. The molecular weight excluding hydrogens is 506 g/mol. The molecule has 206 valence electrons. The van der Waals surface area contributed by atoms with Gasteiger partial charge in [0.1, 0.15) is 5.69 Å². The fourth-order valence-electron chi connectivity index (χ4n) is 4.79. The van der Waals surface area contributed by atoms with Crippen molar-refractivity contribution in [2.24, 2.45) is 11.3 Å². The van der Waals surface area contributed by atoms with Gasteiger partial charge in [0.25, 0.3) is 0 Å². The lowest BCUT2D eigenvalue weighted by Crippen LogP contribution is -2.33. The molecule has 0 spiro atoms. The molecule has 10 nitrogen and oxygen atoms in total. The molecule has 3 N–H and O–H groups in total. The highest BCUT2D eigenvalue weighted by atomic mass is 32.3. The number of aliphatic carboxylic acids is 1. The molecule has 2 aromatic heterocycles. The fraction of sp³-hybridized carbons (Fsp3) is 0.481. The molecule has 38 heavy (non-hydrogen) atoms. The van der Waals surface area contributed by atoms with Crippen LogP contribution in [0.15, 0.2) is 47.8 Å². The minimum atomic E-state index is -3.26. The zero-order valence-electron chi connectivity index (χ0n) is 22.5. The summed E-state index contributed by atoms with van der Waals surface area (Å²) in [6.45, 7) is 10.8. The van der Waals surface area contributed by atoms with Gasteiger partial charge in [0.15, 0.2) is 0 Å². The summed E-state index contributed by atoms with van der Waals surface area (Å²) >= 11 is 0. The van der Waals surface area contributed by atoms with Crippen LogP contribution in [0.25, 0.3) is 0 Å². The van der Waals surface area contributed by atoms with Crippen LogP contribution in [0.2, 0.25) is 0 Å². The number of benzene rings is 1. The van der Waals surface area contributed by atoms with Crippen molar-refractivity contribution in [2.45, 2.75) is 71.7 Å². The minimum absolute atomic E-state index is 0.110. The summed E-state index contributed by atoms with van der Waals surface area (Å²) in [6, 6.07) is 7.57. The van der Waals surface area contributed by atoms with Gasteiger partial charge in [-0.2, -0.15) is 4.31 Å². The van der Waals surface area contributed by atoms with Gasteiger partial charge < -0.3 is 9.84 Å². The zero-order chi connectivity index (χ0) is 27.7. The zero-order valence-corrected chi connectivity index (χ0v) is 23.4. The van der Waals surface area contributed by atoms with Gasteiger partial charge in [-0.15, -0.1) is 15.9 Å². The third-order valence-corrected chi connectivity index (χ3v) is 9.10. The maximum atomic E-state index is 12.3. The van der Waals surface area contributed by atoms with Gasteiger partial charge in [-0.1, -0.05) is 30.3 Å². The third kappa shape index (κ3) is 5.76. The Morgan fingerprint density at radius 2 is 2.05 bits per heavy atom. The van der Waals surface area contributed by atoms with Crippen LogP contribution in [0.3, 0.4) is 0 Å². The lowest BCUT2D eigenvalue weighted by Gasteiger charge is -2.43. The number of hydrogen-bond donors (Lipinski definition) is 3. The highest BCUT2D eigenvalue weighted by Crippen LogP contribution is 2.55. The number of hydrogen-bond acceptors (Lipinski definition) is 8. The van der Waals surface area contributed by atoms with Gasteiger partial charge in [0.2, 0.25) is 0 Å². The van der Waals surface area contributed by atoms with E-state index in [-0.39, 0.29) is 19.1 Å². The summed E-state index contributed by atoms with van der Waals surface area (Å²) in [5, 5.41) is 18.2. The molecule has 0 amide bonds. The van der Waals surface area contributed by atoms with Crippen molar-refractivity contribution >= 4 is 16.7 Å². The Hall–Kier alpha value is -2.83. The molecule has 0 saturated carbocycles. The number of aryl methyl sites for hydroxylation is 2. The Bertz CT molecular complexity index is 1290. The summed E-state index contributed by atoms with van der Waals surface area (Å²) in [5.74, 6) is -0.784. The predicted molar refractivity (Wildman–Crippen MR) is 144 cm³/mol. The van der Waals surface area contributed by atoms with Crippen LogP contribution in [0.4, 0.5) is 0 Å². The van der Waals surface area contributed by atoms with E-state index in [9.17, 15) is 19.0 Å². The van der Waals surface area contributed by atoms with E-state index in [1.54, 1.807) is 41.4 Å². The number of fused-ring (bicyclic) bond motifs is 1. The van der Waals surface area contributed by atoms with Crippen molar-refractivity contribution in [3.8, 4) is 0 Å². The van der Waals surface area contributed by atoms with Crippen molar-refractivity contribution in [1.82, 2.24) is 24.3 Å². The molecule has 4 rings (SSSR count). The smallest absolute Gasteiger partial charge is 0.312 e. The van der Waals surface area contributed by atoms with Crippen molar-refractivity contribution in [1.29, 1.82) is 0 Å². The van der Waals surface area contributed by atoms with E-state index in [1.165, 1.54) is 0 Å². The monoisotopic (exact) mass is 543 g/mol. The van der Waals surface area contributed by atoms with E-state index >= 15 is 0 Å². The van der Waals surface area contributed by atoms with E-state index in [0.29, 0.717) is 29.2 Å². The van der Waals surface area contributed by atoms with Crippen LogP contribution >= 0.6 is 10.8 Å². The average Bonchev–Trinajstić information content (AvgIpc) is 3.30. The number of ether oxygens (including phenoxy) is 1.